The van der Waals surface area contributed by atoms with Crippen LogP contribution in [0.4, 0.5) is 10.1 Å². The van der Waals surface area contributed by atoms with Crippen molar-refractivity contribution in [3.05, 3.63) is 58.2 Å². The number of hydrogen-bond donors (Lipinski definition) is 1. The van der Waals surface area contributed by atoms with Crippen LogP contribution in [0.25, 0.3) is 0 Å². The largest absolute Gasteiger partial charge is 0.376 e. The summed E-state index contributed by atoms with van der Waals surface area (Å²) in [6, 6.07) is 7.18. The molecule has 0 spiro atoms. The van der Waals surface area contributed by atoms with Crippen LogP contribution in [-0.2, 0) is 0 Å². The van der Waals surface area contributed by atoms with E-state index in [1.165, 1.54) is 11.6 Å². The zero-order valence-corrected chi connectivity index (χ0v) is 12.7. The van der Waals surface area contributed by atoms with Crippen LogP contribution in [0.1, 0.15) is 41.0 Å². The van der Waals surface area contributed by atoms with E-state index in [2.05, 4.69) is 23.3 Å². The number of benzene rings is 1. The maximum atomic E-state index is 13.8. The molecule has 20 heavy (non-hydrogen) atoms. The van der Waals surface area contributed by atoms with E-state index >= 15 is 0 Å². The Morgan fingerprint density at radius 2 is 1.80 bits per heavy atom. The summed E-state index contributed by atoms with van der Waals surface area (Å²) in [7, 11) is 0. The third-order valence-corrected chi connectivity index (χ3v) is 3.51. The third kappa shape index (κ3) is 2.98. The molecule has 0 saturated heterocycles. The lowest BCUT2D eigenvalue weighted by molar-refractivity contribution is 0.626. The van der Waals surface area contributed by atoms with E-state index in [0.717, 1.165) is 22.5 Å². The monoisotopic (exact) mass is 272 g/mol. The van der Waals surface area contributed by atoms with Crippen LogP contribution in [0.3, 0.4) is 0 Å². The fourth-order valence-electron chi connectivity index (χ4n) is 2.74. The number of anilines is 1. The Morgan fingerprint density at radius 1 is 1.10 bits per heavy atom. The van der Waals surface area contributed by atoms with Gasteiger partial charge in [0.15, 0.2) is 0 Å². The predicted molar refractivity (Wildman–Crippen MR) is 81.6 cm³/mol. The Hall–Kier alpha value is -1.90. The van der Waals surface area contributed by atoms with E-state index in [0.29, 0.717) is 5.69 Å². The summed E-state index contributed by atoms with van der Waals surface area (Å²) in [5.41, 5.74) is 5.90. The summed E-state index contributed by atoms with van der Waals surface area (Å²) in [6.07, 6.45) is 0. The van der Waals surface area contributed by atoms with Crippen LogP contribution >= 0.6 is 0 Å². The molecule has 2 nitrogen and oxygen atoms in total. The molecule has 1 atom stereocenters. The molecule has 0 saturated carbocycles. The van der Waals surface area contributed by atoms with E-state index in [1.807, 2.05) is 33.8 Å². The first kappa shape index (κ1) is 14.5. The van der Waals surface area contributed by atoms with Crippen LogP contribution in [0.2, 0.25) is 0 Å². The molecular weight excluding hydrogens is 251 g/mol. The lowest BCUT2D eigenvalue weighted by Crippen LogP contribution is -2.12. The molecule has 0 aliphatic heterocycles. The van der Waals surface area contributed by atoms with Crippen molar-refractivity contribution in [2.75, 3.05) is 5.32 Å². The number of aromatic nitrogens is 1. The maximum Gasteiger partial charge on any atom is 0.146 e. The topological polar surface area (TPSA) is 24.9 Å². The highest BCUT2D eigenvalue weighted by Crippen LogP contribution is 2.26. The summed E-state index contributed by atoms with van der Waals surface area (Å²) in [4.78, 5) is 4.50. The van der Waals surface area contributed by atoms with Crippen LogP contribution in [0.5, 0.6) is 0 Å². The Bertz CT molecular complexity index is 612. The summed E-state index contributed by atoms with van der Waals surface area (Å²) < 4.78 is 13.8. The lowest BCUT2D eigenvalue weighted by atomic mass is 10.00. The predicted octanol–water partition coefficient (Wildman–Crippen LogP) is 4.63. The van der Waals surface area contributed by atoms with Crippen molar-refractivity contribution in [1.29, 1.82) is 0 Å². The van der Waals surface area contributed by atoms with Gasteiger partial charge in [0.25, 0.3) is 0 Å². The van der Waals surface area contributed by atoms with Gasteiger partial charge in [0, 0.05) is 11.4 Å². The van der Waals surface area contributed by atoms with Crippen molar-refractivity contribution in [3.8, 4) is 0 Å². The molecular formula is C17H21FN2. The zero-order chi connectivity index (χ0) is 14.9. The van der Waals surface area contributed by atoms with Crippen molar-refractivity contribution >= 4 is 5.69 Å². The first-order valence-corrected chi connectivity index (χ1v) is 6.86. The Morgan fingerprint density at radius 3 is 2.45 bits per heavy atom. The summed E-state index contributed by atoms with van der Waals surface area (Å²) in [6.45, 7) is 10.1. The Labute approximate surface area is 120 Å². The van der Waals surface area contributed by atoms with Gasteiger partial charge in [-0.05, 0) is 69.5 Å². The molecule has 1 N–H and O–H groups in total. The summed E-state index contributed by atoms with van der Waals surface area (Å²) in [5, 5.41) is 3.25. The van der Waals surface area contributed by atoms with Crippen molar-refractivity contribution < 1.29 is 4.39 Å². The molecule has 1 aromatic heterocycles. The van der Waals surface area contributed by atoms with E-state index in [4.69, 9.17) is 0 Å². The van der Waals surface area contributed by atoms with Crippen LogP contribution in [0.15, 0.2) is 24.3 Å². The second-order valence-electron chi connectivity index (χ2n) is 5.43. The lowest BCUT2D eigenvalue weighted by Gasteiger charge is -2.20. The molecule has 1 aromatic carbocycles. The average Bonchev–Trinajstić information content (AvgIpc) is 2.32. The van der Waals surface area contributed by atoms with E-state index in [-0.39, 0.29) is 11.9 Å². The van der Waals surface area contributed by atoms with Crippen LogP contribution < -0.4 is 5.32 Å². The molecule has 1 unspecified atom stereocenters. The number of pyridine rings is 1. The molecule has 0 aliphatic rings. The fraction of sp³-hybridized carbons (Fsp3) is 0.353. The van der Waals surface area contributed by atoms with E-state index in [9.17, 15) is 4.39 Å². The minimum Gasteiger partial charge on any atom is -0.376 e. The molecule has 2 aromatic rings. The molecule has 106 valence electrons. The van der Waals surface area contributed by atoms with Gasteiger partial charge in [0.2, 0.25) is 0 Å². The van der Waals surface area contributed by atoms with Gasteiger partial charge in [-0.1, -0.05) is 6.07 Å². The number of hydrogen-bond acceptors (Lipinski definition) is 2. The molecule has 1 heterocycles. The number of aryl methyl sites for hydroxylation is 4. The molecule has 0 radical (unpaired) electrons. The number of nitrogens with one attached hydrogen (secondary N) is 1. The fourth-order valence-corrected chi connectivity index (χ4v) is 2.74. The molecule has 0 fully saturated rings. The second-order valence-corrected chi connectivity index (χ2v) is 5.43. The molecule has 2 rings (SSSR count). The smallest absolute Gasteiger partial charge is 0.146 e. The van der Waals surface area contributed by atoms with Gasteiger partial charge in [-0.15, -0.1) is 0 Å². The summed E-state index contributed by atoms with van der Waals surface area (Å²) >= 11 is 0. The third-order valence-electron chi connectivity index (χ3n) is 3.51. The Balaban J connectivity index is 2.33. The van der Waals surface area contributed by atoms with E-state index < -0.39 is 0 Å². The minimum absolute atomic E-state index is 0.0133. The van der Waals surface area contributed by atoms with E-state index in [1.54, 1.807) is 6.07 Å². The highest BCUT2D eigenvalue weighted by atomic mass is 19.1. The molecule has 3 heteroatoms. The zero-order valence-electron chi connectivity index (χ0n) is 12.7. The highest BCUT2D eigenvalue weighted by molar-refractivity contribution is 5.50. The van der Waals surface area contributed by atoms with Crippen molar-refractivity contribution in [3.63, 3.8) is 0 Å². The van der Waals surface area contributed by atoms with Crippen LogP contribution in [0, 0.1) is 33.5 Å². The van der Waals surface area contributed by atoms with Crippen LogP contribution in [-0.4, -0.2) is 4.98 Å². The SMILES string of the molecule is Cc1ccc(F)c(NC(C)c2c(C)cc(C)nc2C)c1. The van der Waals surface area contributed by atoms with Gasteiger partial charge in [-0.3, -0.25) is 4.98 Å². The summed E-state index contributed by atoms with van der Waals surface area (Å²) in [5.74, 6) is -0.224. The number of halogens is 1. The van der Waals surface area contributed by atoms with Gasteiger partial charge < -0.3 is 5.32 Å². The van der Waals surface area contributed by atoms with Gasteiger partial charge in [0.1, 0.15) is 5.82 Å². The molecule has 0 amide bonds. The van der Waals surface area contributed by atoms with Gasteiger partial charge >= 0.3 is 0 Å². The minimum atomic E-state index is -0.224. The highest BCUT2D eigenvalue weighted by Gasteiger charge is 2.14. The maximum absolute atomic E-state index is 13.8. The quantitative estimate of drug-likeness (QED) is 0.881. The van der Waals surface area contributed by atoms with Gasteiger partial charge in [-0.25, -0.2) is 4.39 Å². The Kier molecular flexibility index (Phi) is 4.07. The number of rotatable bonds is 3. The van der Waals surface area contributed by atoms with Crippen molar-refractivity contribution in [2.45, 2.75) is 40.7 Å². The van der Waals surface area contributed by atoms with Gasteiger partial charge in [0.05, 0.1) is 11.7 Å². The van der Waals surface area contributed by atoms with Gasteiger partial charge in [-0.2, -0.15) is 0 Å². The average molecular weight is 272 g/mol. The normalized spacial score (nSPS) is 12.3. The molecule has 0 bridgehead atoms. The van der Waals surface area contributed by atoms with Crippen molar-refractivity contribution in [1.82, 2.24) is 4.98 Å². The number of nitrogens with zero attached hydrogens (tertiary/aromatic N) is 1. The first-order valence-electron chi connectivity index (χ1n) is 6.86. The molecule has 0 aliphatic carbocycles. The first-order chi connectivity index (χ1) is 9.38. The van der Waals surface area contributed by atoms with Crippen molar-refractivity contribution in [2.24, 2.45) is 0 Å². The standard InChI is InChI=1S/C17H21FN2/c1-10-6-7-15(18)16(8-10)20-14(5)17-11(2)9-12(3)19-13(17)4/h6-9,14,20H,1-5H3. The second kappa shape index (κ2) is 5.61.